The van der Waals surface area contributed by atoms with E-state index in [1.807, 2.05) is 12.3 Å². The second kappa shape index (κ2) is 4.94. The summed E-state index contributed by atoms with van der Waals surface area (Å²) >= 11 is 0. The number of aromatic nitrogens is 1. The molecule has 0 saturated carbocycles. The van der Waals surface area contributed by atoms with Gasteiger partial charge in [0.25, 0.3) is 0 Å². The summed E-state index contributed by atoms with van der Waals surface area (Å²) in [5.74, 6) is 0.766. The molecule has 3 rings (SSSR count). The normalized spacial score (nSPS) is 20.4. The smallest absolute Gasteiger partial charge is 0.0722 e. The van der Waals surface area contributed by atoms with Crippen molar-refractivity contribution in [1.82, 2.24) is 9.88 Å². The maximum Gasteiger partial charge on any atom is 0.0722 e. The fraction of sp³-hybridized carbons (Fsp3) is 0.400. The van der Waals surface area contributed by atoms with Gasteiger partial charge in [-0.3, -0.25) is 4.98 Å². The second-order valence-electron chi connectivity index (χ2n) is 5.17. The molecule has 0 spiro atoms. The van der Waals surface area contributed by atoms with Crippen LogP contribution in [0.4, 0.5) is 5.69 Å². The van der Waals surface area contributed by atoms with Crippen LogP contribution in [0.15, 0.2) is 36.5 Å². The van der Waals surface area contributed by atoms with Crippen molar-refractivity contribution in [3.8, 4) is 0 Å². The molecular weight excluding hydrogens is 222 g/mol. The summed E-state index contributed by atoms with van der Waals surface area (Å²) in [5, 5.41) is 4.80. The van der Waals surface area contributed by atoms with Crippen LogP contribution in [0.1, 0.15) is 6.42 Å². The predicted octanol–water partition coefficient (Wildman–Crippen LogP) is 2.60. The molecule has 3 heteroatoms. The van der Waals surface area contributed by atoms with Gasteiger partial charge in [-0.2, -0.15) is 0 Å². The number of hydrogen-bond acceptors (Lipinski definition) is 3. The van der Waals surface area contributed by atoms with E-state index in [9.17, 15) is 0 Å². The Morgan fingerprint density at radius 1 is 1.33 bits per heavy atom. The lowest BCUT2D eigenvalue weighted by Crippen LogP contribution is -2.19. The van der Waals surface area contributed by atoms with Crippen molar-refractivity contribution in [1.29, 1.82) is 0 Å². The van der Waals surface area contributed by atoms with E-state index in [1.165, 1.54) is 30.6 Å². The first-order chi connectivity index (χ1) is 8.83. The van der Waals surface area contributed by atoms with Crippen molar-refractivity contribution in [2.75, 3.05) is 32.0 Å². The molecule has 3 nitrogen and oxygen atoms in total. The van der Waals surface area contributed by atoms with Crippen LogP contribution in [-0.2, 0) is 0 Å². The van der Waals surface area contributed by atoms with Crippen LogP contribution in [0.2, 0.25) is 0 Å². The summed E-state index contributed by atoms with van der Waals surface area (Å²) in [4.78, 5) is 6.79. The number of fused-ring (bicyclic) bond motifs is 1. The Hall–Kier alpha value is -1.61. The van der Waals surface area contributed by atoms with Crippen molar-refractivity contribution >= 4 is 16.6 Å². The van der Waals surface area contributed by atoms with Crippen LogP contribution >= 0.6 is 0 Å². The van der Waals surface area contributed by atoms with Crippen molar-refractivity contribution in [2.45, 2.75) is 6.42 Å². The molecule has 0 radical (unpaired) electrons. The van der Waals surface area contributed by atoms with Crippen molar-refractivity contribution in [3.05, 3.63) is 36.5 Å². The van der Waals surface area contributed by atoms with E-state index in [-0.39, 0.29) is 0 Å². The number of anilines is 1. The number of hydrogen-bond donors (Lipinski definition) is 1. The van der Waals surface area contributed by atoms with Crippen molar-refractivity contribution in [3.63, 3.8) is 0 Å². The largest absolute Gasteiger partial charge is 0.384 e. The fourth-order valence-corrected chi connectivity index (χ4v) is 2.70. The minimum Gasteiger partial charge on any atom is -0.384 e. The number of nitrogens with zero attached hydrogens (tertiary/aromatic N) is 2. The average molecular weight is 241 g/mol. The predicted molar refractivity (Wildman–Crippen MR) is 75.8 cm³/mol. The highest BCUT2D eigenvalue weighted by Gasteiger charge is 2.18. The summed E-state index contributed by atoms with van der Waals surface area (Å²) in [7, 11) is 2.20. The van der Waals surface area contributed by atoms with Gasteiger partial charge in [-0.15, -0.1) is 0 Å². The fourth-order valence-electron chi connectivity index (χ4n) is 2.70. The lowest BCUT2D eigenvalue weighted by Gasteiger charge is -2.14. The molecule has 1 atom stereocenters. The molecule has 0 amide bonds. The Morgan fingerprint density at radius 2 is 2.22 bits per heavy atom. The van der Waals surface area contributed by atoms with Gasteiger partial charge in [-0.1, -0.05) is 18.2 Å². The highest BCUT2D eigenvalue weighted by Crippen LogP contribution is 2.22. The molecule has 1 aromatic heterocycles. The molecule has 94 valence electrons. The molecular formula is C15H19N3. The zero-order valence-corrected chi connectivity index (χ0v) is 10.8. The van der Waals surface area contributed by atoms with Crippen LogP contribution in [0, 0.1) is 5.92 Å². The van der Waals surface area contributed by atoms with Crippen LogP contribution in [-0.4, -0.2) is 36.6 Å². The molecule has 1 aliphatic heterocycles. The topological polar surface area (TPSA) is 28.2 Å². The van der Waals surface area contributed by atoms with Crippen molar-refractivity contribution < 1.29 is 0 Å². The van der Waals surface area contributed by atoms with Gasteiger partial charge >= 0.3 is 0 Å². The van der Waals surface area contributed by atoms with E-state index in [0.717, 1.165) is 18.0 Å². The van der Waals surface area contributed by atoms with Gasteiger partial charge in [0.1, 0.15) is 0 Å². The molecule has 1 saturated heterocycles. The van der Waals surface area contributed by atoms with Crippen molar-refractivity contribution in [2.24, 2.45) is 5.92 Å². The summed E-state index contributed by atoms with van der Waals surface area (Å²) in [5.41, 5.74) is 2.26. The van der Waals surface area contributed by atoms with Gasteiger partial charge in [0.2, 0.25) is 0 Å². The highest BCUT2D eigenvalue weighted by molar-refractivity contribution is 5.90. The van der Waals surface area contributed by atoms with Gasteiger partial charge in [-0.05, 0) is 38.1 Å². The van der Waals surface area contributed by atoms with E-state index in [2.05, 4.69) is 46.5 Å². The summed E-state index contributed by atoms with van der Waals surface area (Å²) in [6, 6.07) is 10.4. The van der Waals surface area contributed by atoms with E-state index in [1.54, 1.807) is 0 Å². The molecule has 2 heterocycles. The number of rotatable bonds is 3. The van der Waals surface area contributed by atoms with Crippen LogP contribution in [0.25, 0.3) is 10.9 Å². The molecule has 2 aromatic rings. The molecule has 1 N–H and O–H groups in total. The average Bonchev–Trinajstić information content (AvgIpc) is 2.82. The first-order valence-corrected chi connectivity index (χ1v) is 6.59. The van der Waals surface area contributed by atoms with Gasteiger partial charge in [0.15, 0.2) is 0 Å². The van der Waals surface area contributed by atoms with E-state index in [0.29, 0.717) is 0 Å². The van der Waals surface area contributed by atoms with E-state index < -0.39 is 0 Å². The molecule has 18 heavy (non-hydrogen) atoms. The van der Waals surface area contributed by atoms with Gasteiger partial charge in [0.05, 0.1) is 5.52 Å². The Labute approximate surface area is 108 Å². The molecule has 1 fully saturated rings. The third-order valence-corrected chi connectivity index (χ3v) is 3.72. The quantitative estimate of drug-likeness (QED) is 0.895. The standard InChI is InChI=1S/C15H19N3/c1-18-9-7-12(11-18)10-17-15-6-8-16-14-5-3-2-4-13(14)15/h2-6,8,12H,7,9-11H2,1H3,(H,16,17). The van der Waals surface area contributed by atoms with E-state index >= 15 is 0 Å². The van der Waals surface area contributed by atoms with Gasteiger partial charge in [0, 0.05) is 30.4 Å². The Balaban J connectivity index is 1.74. The number of para-hydroxylation sites is 1. The first kappa shape index (κ1) is 11.5. The highest BCUT2D eigenvalue weighted by atomic mass is 15.1. The van der Waals surface area contributed by atoms with Crippen LogP contribution in [0.3, 0.4) is 0 Å². The third kappa shape index (κ3) is 2.31. The minimum absolute atomic E-state index is 0.766. The first-order valence-electron chi connectivity index (χ1n) is 6.59. The summed E-state index contributed by atoms with van der Waals surface area (Å²) in [6.07, 6.45) is 3.18. The molecule has 0 bridgehead atoms. The molecule has 1 unspecified atom stereocenters. The second-order valence-corrected chi connectivity index (χ2v) is 5.17. The summed E-state index contributed by atoms with van der Waals surface area (Å²) in [6.45, 7) is 3.48. The Morgan fingerprint density at radius 3 is 3.06 bits per heavy atom. The monoisotopic (exact) mass is 241 g/mol. The Kier molecular flexibility index (Phi) is 3.15. The lowest BCUT2D eigenvalue weighted by molar-refractivity contribution is 0.399. The zero-order chi connectivity index (χ0) is 12.4. The lowest BCUT2D eigenvalue weighted by atomic mass is 10.1. The SMILES string of the molecule is CN1CCC(CNc2ccnc3ccccc23)C1. The van der Waals surface area contributed by atoms with E-state index in [4.69, 9.17) is 0 Å². The Bertz CT molecular complexity index is 533. The van der Waals surface area contributed by atoms with Crippen LogP contribution < -0.4 is 5.32 Å². The zero-order valence-electron chi connectivity index (χ0n) is 10.8. The molecule has 1 aromatic carbocycles. The third-order valence-electron chi connectivity index (χ3n) is 3.72. The number of nitrogens with one attached hydrogen (secondary N) is 1. The van der Waals surface area contributed by atoms with Crippen LogP contribution in [0.5, 0.6) is 0 Å². The molecule has 0 aliphatic carbocycles. The van der Waals surface area contributed by atoms with Gasteiger partial charge in [-0.25, -0.2) is 0 Å². The summed E-state index contributed by atoms with van der Waals surface area (Å²) < 4.78 is 0. The number of benzene rings is 1. The minimum atomic E-state index is 0.766. The maximum atomic E-state index is 4.39. The number of pyridine rings is 1. The van der Waals surface area contributed by atoms with Gasteiger partial charge < -0.3 is 10.2 Å². The molecule has 1 aliphatic rings. The number of likely N-dealkylation sites (tertiary alicyclic amines) is 1. The maximum absolute atomic E-state index is 4.39.